The summed E-state index contributed by atoms with van der Waals surface area (Å²) in [5, 5.41) is 3.55. The highest BCUT2D eigenvalue weighted by Crippen LogP contribution is 2.37. The molecule has 0 bridgehead atoms. The molecule has 0 heterocycles. The van der Waals surface area contributed by atoms with E-state index in [1.807, 2.05) is 0 Å². The largest absolute Gasteiger partial charge is 0.416 e. The number of rotatable bonds is 3. The van der Waals surface area contributed by atoms with Crippen molar-refractivity contribution in [2.45, 2.75) is 19.1 Å². The van der Waals surface area contributed by atoms with Crippen molar-refractivity contribution in [2.75, 3.05) is 5.32 Å². The molecule has 2 aromatic carbocycles. The van der Waals surface area contributed by atoms with Crippen LogP contribution in [0.3, 0.4) is 0 Å². The second-order valence-electron chi connectivity index (χ2n) is 4.55. The number of hydrogen-bond donors (Lipinski definition) is 1. The summed E-state index contributed by atoms with van der Waals surface area (Å²) < 4.78 is 39.7. The molecular weight excluding hydrogens is 367 g/mol. The summed E-state index contributed by atoms with van der Waals surface area (Å²) in [5.74, 6) is 0. The quantitative estimate of drug-likeness (QED) is 0.661. The molecule has 21 heavy (non-hydrogen) atoms. The molecule has 2 aromatic rings. The third kappa shape index (κ3) is 3.71. The first kappa shape index (κ1) is 16.2. The van der Waals surface area contributed by atoms with Gasteiger partial charge in [0.15, 0.2) is 0 Å². The summed E-state index contributed by atoms with van der Waals surface area (Å²) in [4.78, 5) is 0. The van der Waals surface area contributed by atoms with Gasteiger partial charge in [-0.2, -0.15) is 13.2 Å². The topological polar surface area (TPSA) is 12.0 Å². The van der Waals surface area contributed by atoms with Crippen LogP contribution in [-0.4, -0.2) is 0 Å². The van der Waals surface area contributed by atoms with E-state index in [1.165, 1.54) is 12.1 Å². The van der Waals surface area contributed by atoms with Crippen molar-refractivity contribution in [1.82, 2.24) is 0 Å². The molecule has 0 fully saturated rings. The predicted molar refractivity (Wildman–Crippen MR) is 82.6 cm³/mol. The Labute approximate surface area is 134 Å². The van der Waals surface area contributed by atoms with E-state index in [1.54, 1.807) is 31.2 Å². The summed E-state index contributed by atoms with van der Waals surface area (Å²) in [7, 11) is 0. The first-order valence-corrected chi connectivity index (χ1v) is 7.34. The lowest BCUT2D eigenvalue weighted by atomic mass is 10.0. The molecule has 1 unspecified atom stereocenters. The van der Waals surface area contributed by atoms with Gasteiger partial charge < -0.3 is 5.32 Å². The van der Waals surface area contributed by atoms with Gasteiger partial charge in [-0.05, 0) is 46.6 Å². The second kappa shape index (κ2) is 6.28. The first-order chi connectivity index (χ1) is 9.80. The van der Waals surface area contributed by atoms with Crippen molar-refractivity contribution in [3.05, 3.63) is 63.1 Å². The number of anilines is 1. The molecule has 112 valence electrons. The Morgan fingerprint density at radius 2 is 1.76 bits per heavy atom. The average molecular weight is 379 g/mol. The van der Waals surface area contributed by atoms with Crippen molar-refractivity contribution in [3.8, 4) is 0 Å². The molecule has 0 spiro atoms. The minimum absolute atomic E-state index is 0.192. The van der Waals surface area contributed by atoms with E-state index in [9.17, 15) is 13.2 Å². The third-order valence-electron chi connectivity index (χ3n) is 3.06. The van der Waals surface area contributed by atoms with Crippen molar-refractivity contribution in [1.29, 1.82) is 0 Å². The molecule has 0 aromatic heterocycles. The van der Waals surface area contributed by atoms with Crippen LogP contribution in [0.5, 0.6) is 0 Å². The smallest absolute Gasteiger partial charge is 0.378 e. The van der Waals surface area contributed by atoms with Crippen LogP contribution < -0.4 is 5.32 Å². The fraction of sp³-hybridized carbons (Fsp3) is 0.200. The van der Waals surface area contributed by atoms with Crippen molar-refractivity contribution in [3.63, 3.8) is 0 Å². The van der Waals surface area contributed by atoms with E-state index in [4.69, 9.17) is 11.6 Å². The van der Waals surface area contributed by atoms with Gasteiger partial charge in [0.1, 0.15) is 0 Å². The fourth-order valence-corrected chi connectivity index (χ4v) is 2.61. The molecule has 1 N–H and O–H groups in total. The van der Waals surface area contributed by atoms with Gasteiger partial charge in [0.05, 0.1) is 20.7 Å². The van der Waals surface area contributed by atoms with Gasteiger partial charge >= 0.3 is 6.18 Å². The Morgan fingerprint density at radius 1 is 1.10 bits per heavy atom. The molecule has 0 aliphatic heterocycles. The average Bonchev–Trinajstić information content (AvgIpc) is 2.43. The summed E-state index contributed by atoms with van der Waals surface area (Å²) in [6, 6.07) is 10.2. The highest BCUT2D eigenvalue weighted by molar-refractivity contribution is 9.10. The molecule has 1 atom stereocenters. The van der Waals surface area contributed by atoms with Crippen LogP contribution in [0.1, 0.15) is 24.1 Å². The zero-order chi connectivity index (χ0) is 15.6. The summed E-state index contributed by atoms with van der Waals surface area (Å²) in [6.07, 6.45) is -4.38. The van der Waals surface area contributed by atoms with Gasteiger partial charge in [-0.1, -0.05) is 35.9 Å². The molecule has 0 amide bonds. The maximum atomic E-state index is 13.0. The Balaban J connectivity index is 2.33. The Morgan fingerprint density at radius 3 is 2.43 bits per heavy atom. The van der Waals surface area contributed by atoms with Gasteiger partial charge in [0.2, 0.25) is 0 Å². The van der Waals surface area contributed by atoms with E-state index in [0.717, 1.165) is 6.07 Å². The van der Waals surface area contributed by atoms with E-state index in [2.05, 4.69) is 21.2 Å². The molecule has 0 saturated heterocycles. The number of alkyl halides is 3. The van der Waals surface area contributed by atoms with E-state index in [-0.39, 0.29) is 5.56 Å². The van der Waals surface area contributed by atoms with E-state index >= 15 is 0 Å². The highest BCUT2D eigenvalue weighted by atomic mass is 79.9. The first-order valence-electron chi connectivity index (χ1n) is 6.17. The predicted octanol–water partition coefficient (Wildman–Crippen LogP) is 6.29. The lowest BCUT2D eigenvalue weighted by Gasteiger charge is -2.21. The van der Waals surface area contributed by atoms with E-state index < -0.39 is 17.8 Å². The van der Waals surface area contributed by atoms with Gasteiger partial charge in [-0.25, -0.2) is 0 Å². The number of benzene rings is 2. The Bertz CT molecular complexity index is 643. The molecule has 0 aliphatic rings. The lowest BCUT2D eigenvalue weighted by molar-refractivity contribution is -0.138. The van der Waals surface area contributed by atoms with Crippen LogP contribution in [0, 0.1) is 0 Å². The van der Waals surface area contributed by atoms with Crippen molar-refractivity contribution in [2.24, 2.45) is 0 Å². The Hall–Kier alpha value is -1.20. The maximum absolute atomic E-state index is 13.0. The molecule has 0 radical (unpaired) electrons. The van der Waals surface area contributed by atoms with Crippen LogP contribution in [0.2, 0.25) is 5.02 Å². The SMILES string of the molecule is CC(Nc1cccc(Cl)c1Br)c1ccccc1C(F)(F)F. The third-order valence-corrected chi connectivity index (χ3v) is 4.45. The summed E-state index contributed by atoms with van der Waals surface area (Å²) in [5.41, 5.74) is 0.201. The summed E-state index contributed by atoms with van der Waals surface area (Å²) in [6.45, 7) is 1.68. The van der Waals surface area contributed by atoms with Crippen LogP contribution in [0.25, 0.3) is 0 Å². The minimum Gasteiger partial charge on any atom is -0.378 e. The lowest BCUT2D eigenvalue weighted by Crippen LogP contribution is -2.15. The molecule has 0 saturated carbocycles. The molecule has 0 aliphatic carbocycles. The highest BCUT2D eigenvalue weighted by Gasteiger charge is 2.34. The number of halogens is 5. The van der Waals surface area contributed by atoms with E-state index in [0.29, 0.717) is 15.2 Å². The van der Waals surface area contributed by atoms with Crippen LogP contribution in [-0.2, 0) is 6.18 Å². The van der Waals surface area contributed by atoms with Crippen molar-refractivity contribution >= 4 is 33.2 Å². The number of hydrogen-bond acceptors (Lipinski definition) is 1. The monoisotopic (exact) mass is 377 g/mol. The normalized spacial score (nSPS) is 13.0. The zero-order valence-electron chi connectivity index (χ0n) is 11.0. The maximum Gasteiger partial charge on any atom is 0.416 e. The molecule has 1 nitrogen and oxygen atoms in total. The molecule has 2 rings (SSSR count). The van der Waals surface area contributed by atoms with Crippen LogP contribution in [0.4, 0.5) is 18.9 Å². The Kier molecular flexibility index (Phi) is 4.84. The molecular formula is C15H12BrClF3N. The zero-order valence-corrected chi connectivity index (χ0v) is 13.4. The van der Waals surface area contributed by atoms with Gasteiger partial charge in [-0.3, -0.25) is 0 Å². The standard InChI is InChI=1S/C15H12BrClF3N/c1-9(21-13-8-4-7-12(17)14(13)16)10-5-2-3-6-11(10)15(18,19)20/h2-9,21H,1H3. The van der Waals surface area contributed by atoms with Gasteiger partial charge in [-0.15, -0.1) is 0 Å². The van der Waals surface area contributed by atoms with Crippen molar-refractivity contribution < 1.29 is 13.2 Å². The minimum atomic E-state index is -4.38. The van der Waals surface area contributed by atoms with Crippen LogP contribution in [0.15, 0.2) is 46.9 Å². The number of nitrogens with one attached hydrogen (secondary N) is 1. The van der Waals surface area contributed by atoms with Crippen LogP contribution >= 0.6 is 27.5 Å². The fourth-order valence-electron chi connectivity index (χ4n) is 2.06. The van der Waals surface area contributed by atoms with Gasteiger partial charge in [0, 0.05) is 6.04 Å². The second-order valence-corrected chi connectivity index (χ2v) is 5.75. The summed E-state index contributed by atoms with van der Waals surface area (Å²) >= 11 is 9.30. The van der Waals surface area contributed by atoms with Gasteiger partial charge in [0.25, 0.3) is 0 Å². The molecule has 6 heteroatoms.